The molecular formula is C11H18N2O2S2. The molecule has 96 valence electrons. The number of thioether (sulfide) groups is 1. The van der Waals surface area contributed by atoms with Crippen LogP contribution in [0.4, 0.5) is 5.69 Å². The first-order valence-corrected chi connectivity index (χ1v) is 8.24. The van der Waals surface area contributed by atoms with Gasteiger partial charge in [-0.25, -0.2) is 13.1 Å². The van der Waals surface area contributed by atoms with Gasteiger partial charge in [0, 0.05) is 17.5 Å². The zero-order valence-corrected chi connectivity index (χ0v) is 11.6. The van der Waals surface area contributed by atoms with Crippen molar-refractivity contribution in [3.63, 3.8) is 0 Å². The second kappa shape index (κ2) is 6.28. The Balaban J connectivity index is 2.84. The summed E-state index contributed by atoms with van der Waals surface area (Å²) in [6, 6.07) is 6.17. The van der Waals surface area contributed by atoms with Gasteiger partial charge in [0.25, 0.3) is 0 Å². The summed E-state index contributed by atoms with van der Waals surface area (Å²) in [5, 5.41) is 0. The van der Waals surface area contributed by atoms with Crippen molar-refractivity contribution in [2.45, 2.75) is 24.3 Å². The van der Waals surface area contributed by atoms with Crippen LogP contribution in [0, 0.1) is 0 Å². The standard InChI is InChI=1S/C11H18N2O2S2/c1-3-10(8-16-2)13-17(14,15)11-6-4-9(12)5-7-11/h4-7,10,13H,3,8,12H2,1-2H3. The second-order valence-corrected chi connectivity index (χ2v) is 6.38. The van der Waals surface area contributed by atoms with Crippen LogP contribution in [0.1, 0.15) is 13.3 Å². The summed E-state index contributed by atoms with van der Waals surface area (Å²) >= 11 is 1.63. The molecule has 0 bridgehead atoms. The van der Waals surface area contributed by atoms with Gasteiger partial charge in [-0.3, -0.25) is 0 Å². The molecule has 1 aromatic carbocycles. The Morgan fingerprint density at radius 3 is 2.41 bits per heavy atom. The minimum Gasteiger partial charge on any atom is -0.399 e. The molecule has 0 radical (unpaired) electrons. The van der Waals surface area contributed by atoms with E-state index in [0.717, 1.165) is 12.2 Å². The van der Waals surface area contributed by atoms with Crippen molar-refractivity contribution in [1.82, 2.24) is 4.72 Å². The van der Waals surface area contributed by atoms with Crippen LogP contribution in [0.15, 0.2) is 29.2 Å². The normalized spacial score (nSPS) is 13.5. The van der Waals surface area contributed by atoms with Crippen LogP contribution in [0.3, 0.4) is 0 Å². The van der Waals surface area contributed by atoms with Crippen molar-refractivity contribution in [2.75, 3.05) is 17.7 Å². The summed E-state index contributed by atoms with van der Waals surface area (Å²) in [5.74, 6) is 0.769. The predicted molar refractivity (Wildman–Crippen MR) is 73.6 cm³/mol. The second-order valence-electron chi connectivity index (χ2n) is 3.75. The fourth-order valence-electron chi connectivity index (χ4n) is 1.37. The number of anilines is 1. The molecule has 0 saturated carbocycles. The smallest absolute Gasteiger partial charge is 0.240 e. The van der Waals surface area contributed by atoms with Crippen LogP contribution in [0.2, 0.25) is 0 Å². The molecule has 3 N–H and O–H groups in total. The summed E-state index contributed by atoms with van der Waals surface area (Å²) < 4.78 is 26.7. The zero-order valence-electron chi connectivity index (χ0n) is 10.0. The van der Waals surface area contributed by atoms with Gasteiger partial charge in [0.15, 0.2) is 0 Å². The van der Waals surface area contributed by atoms with Crippen molar-refractivity contribution in [2.24, 2.45) is 0 Å². The Morgan fingerprint density at radius 1 is 1.35 bits per heavy atom. The summed E-state index contributed by atoms with van der Waals surface area (Å²) in [4.78, 5) is 0.256. The molecule has 0 spiro atoms. The number of sulfonamides is 1. The average Bonchev–Trinajstić information content (AvgIpc) is 2.28. The minimum atomic E-state index is -3.43. The van der Waals surface area contributed by atoms with Gasteiger partial charge in [0.2, 0.25) is 10.0 Å². The quantitative estimate of drug-likeness (QED) is 0.774. The van der Waals surface area contributed by atoms with Crippen molar-refractivity contribution in [1.29, 1.82) is 0 Å². The third-order valence-corrected chi connectivity index (χ3v) is 4.64. The molecule has 0 heterocycles. The van der Waals surface area contributed by atoms with Crippen LogP contribution in [-0.4, -0.2) is 26.5 Å². The maximum atomic E-state index is 12.0. The Kier molecular flexibility index (Phi) is 5.30. The zero-order chi connectivity index (χ0) is 12.9. The molecule has 1 atom stereocenters. The molecule has 0 saturated heterocycles. The van der Waals surface area contributed by atoms with Crippen LogP contribution in [0.5, 0.6) is 0 Å². The number of rotatable bonds is 6. The fourth-order valence-corrected chi connectivity index (χ4v) is 3.52. The maximum absolute atomic E-state index is 12.0. The summed E-state index contributed by atoms with van der Waals surface area (Å²) in [6.07, 6.45) is 2.73. The molecule has 1 rings (SSSR count). The van der Waals surface area contributed by atoms with E-state index in [4.69, 9.17) is 5.73 Å². The van der Waals surface area contributed by atoms with E-state index in [1.54, 1.807) is 23.9 Å². The highest BCUT2D eigenvalue weighted by molar-refractivity contribution is 7.98. The lowest BCUT2D eigenvalue weighted by Crippen LogP contribution is -2.36. The maximum Gasteiger partial charge on any atom is 0.240 e. The number of nitrogens with two attached hydrogens (primary N) is 1. The lowest BCUT2D eigenvalue weighted by atomic mass is 10.3. The topological polar surface area (TPSA) is 72.2 Å². The van der Waals surface area contributed by atoms with E-state index in [1.165, 1.54) is 12.1 Å². The molecule has 1 aromatic rings. The lowest BCUT2D eigenvalue weighted by molar-refractivity contribution is 0.558. The predicted octanol–water partition coefficient (Wildman–Crippen LogP) is 1.69. The average molecular weight is 274 g/mol. The monoisotopic (exact) mass is 274 g/mol. The van der Waals surface area contributed by atoms with Gasteiger partial charge in [-0.15, -0.1) is 0 Å². The van der Waals surface area contributed by atoms with Gasteiger partial charge in [0.05, 0.1) is 4.90 Å². The molecule has 0 fully saturated rings. The van der Waals surface area contributed by atoms with Crippen LogP contribution in [-0.2, 0) is 10.0 Å². The molecule has 0 amide bonds. The van der Waals surface area contributed by atoms with Crippen molar-refractivity contribution < 1.29 is 8.42 Å². The SMILES string of the molecule is CCC(CSC)NS(=O)(=O)c1ccc(N)cc1. The Morgan fingerprint density at radius 2 is 1.94 bits per heavy atom. The largest absolute Gasteiger partial charge is 0.399 e. The number of hydrogen-bond acceptors (Lipinski definition) is 4. The summed E-state index contributed by atoms with van der Waals surface area (Å²) in [5.41, 5.74) is 6.08. The lowest BCUT2D eigenvalue weighted by Gasteiger charge is -2.15. The van der Waals surface area contributed by atoms with E-state index in [2.05, 4.69) is 4.72 Å². The molecule has 4 nitrogen and oxygen atoms in total. The Bertz CT molecular complexity index is 443. The number of hydrogen-bond donors (Lipinski definition) is 2. The van der Waals surface area contributed by atoms with Crippen molar-refractivity contribution in [3.05, 3.63) is 24.3 Å². The number of benzene rings is 1. The first-order valence-electron chi connectivity index (χ1n) is 5.36. The molecule has 0 aliphatic carbocycles. The third-order valence-electron chi connectivity index (χ3n) is 2.37. The van der Waals surface area contributed by atoms with E-state index >= 15 is 0 Å². The van der Waals surface area contributed by atoms with Crippen LogP contribution >= 0.6 is 11.8 Å². The van der Waals surface area contributed by atoms with E-state index in [0.29, 0.717) is 5.69 Å². The van der Waals surface area contributed by atoms with Crippen molar-refractivity contribution >= 4 is 27.5 Å². The molecule has 6 heteroatoms. The molecule has 1 unspecified atom stereocenters. The van der Waals surface area contributed by atoms with Gasteiger partial charge < -0.3 is 5.73 Å². The minimum absolute atomic E-state index is 0.0347. The highest BCUT2D eigenvalue weighted by atomic mass is 32.2. The fraction of sp³-hybridized carbons (Fsp3) is 0.455. The Hall–Kier alpha value is -0.720. The molecular weight excluding hydrogens is 256 g/mol. The van der Waals surface area contributed by atoms with E-state index < -0.39 is 10.0 Å². The first-order chi connectivity index (χ1) is 7.99. The summed E-state index contributed by atoms with van der Waals surface area (Å²) in [7, 11) is -3.43. The molecule has 0 aliphatic rings. The summed E-state index contributed by atoms with van der Waals surface area (Å²) in [6.45, 7) is 1.96. The van der Waals surface area contributed by atoms with Gasteiger partial charge in [-0.2, -0.15) is 11.8 Å². The van der Waals surface area contributed by atoms with Crippen LogP contribution < -0.4 is 10.5 Å². The van der Waals surface area contributed by atoms with E-state index in [-0.39, 0.29) is 10.9 Å². The Labute approximate surface area is 107 Å². The number of nitrogens with one attached hydrogen (secondary N) is 1. The molecule has 0 aromatic heterocycles. The highest BCUT2D eigenvalue weighted by Crippen LogP contribution is 2.13. The number of nitrogen functional groups attached to an aromatic ring is 1. The van der Waals surface area contributed by atoms with Crippen molar-refractivity contribution in [3.8, 4) is 0 Å². The van der Waals surface area contributed by atoms with Gasteiger partial charge in [-0.05, 0) is 36.9 Å². The highest BCUT2D eigenvalue weighted by Gasteiger charge is 2.18. The third kappa shape index (κ3) is 4.22. The molecule has 17 heavy (non-hydrogen) atoms. The van der Waals surface area contributed by atoms with E-state index in [9.17, 15) is 8.42 Å². The van der Waals surface area contributed by atoms with Gasteiger partial charge in [-0.1, -0.05) is 6.92 Å². The van der Waals surface area contributed by atoms with E-state index in [1.807, 2.05) is 13.2 Å². The van der Waals surface area contributed by atoms with Gasteiger partial charge >= 0.3 is 0 Å². The van der Waals surface area contributed by atoms with Gasteiger partial charge in [0.1, 0.15) is 0 Å². The molecule has 0 aliphatic heterocycles. The van der Waals surface area contributed by atoms with Crippen LogP contribution in [0.25, 0.3) is 0 Å². The first kappa shape index (κ1) is 14.3.